The molecule has 0 bridgehead atoms. The number of benzene rings is 2. The summed E-state index contributed by atoms with van der Waals surface area (Å²) in [4.78, 5) is 57.6. The first kappa shape index (κ1) is 37.7. The number of rotatable bonds is 13. The van der Waals surface area contributed by atoms with Crippen LogP contribution >= 0.6 is 0 Å². The molecule has 2 aromatic carbocycles. The number of halogens is 1. The zero-order valence-electron chi connectivity index (χ0n) is 30.2. The number of carbonyl (C=O) groups excluding carboxylic acids is 4. The van der Waals surface area contributed by atoms with Gasteiger partial charge in [-0.25, -0.2) is 4.39 Å². The molecule has 274 valence electrons. The summed E-state index contributed by atoms with van der Waals surface area (Å²) in [5, 5.41) is 12.7. The summed E-state index contributed by atoms with van der Waals surface area (Å²) < 4.78 is 17.3. The highest BCUT2D eigenvalue weighted by Crippen LogP contribution is 2.32. The third kappa shape index (κ3) is 9.61. The molecular weight excluding hydrogens is 649 g/mol. The molecule has 2 unspecified atom stereocenters. The van der Waals surface area contributed by atoms with E-state index in [1.165, 1.54) is 17.7 Å². The van der Waals surface area contributed by atoms with Crippen molar-refractivity contribution in [1.82, 2.24) is 30.2 Å². The average molecular weight is 702 g/mol. The number of nitrogens with one attached hydrogen (secondary N) is 3. The van der Waals surface area contributed by atoms with Gasteiger partial charge in [-0.05, 0) is 60.9 Å². The minimum absolute atomic E-state index is 0.0204. The molecule has 2 heterocycles. The van der Waals surface area contributed by atoms with E-state index in [4.69, 9.17) is 0 Å². The van der Waals surface area contributed by atoms with Gasteiger partial charge >= 0.3 is 0 Å². The van der Waals surface area contributed by atoms with E-state index in [0.717, 1.165) is 32.2 Å². The number of aryl methyl sites for hydroxylation is 1. The molecule has 5 rings (SSSR count). The van der Waals surface area contributed by atoms with Crippen molar-refractivity contribution in [1.29, 1.82) is 0 Å². The molecule has 4 amide bonds. The molecule has 1 aliphatic carbocycles. The van der Waals surface area contributed by atoms with Crippen LogP contribution in [-0.2, 0) is 27.5 Å². The fraction of sp³-hybridized carbons (Fsp3) is 0.513. The quantitative estimate of drug-likeness (QED) is 0.232. The summed E-state index contributed by atoms with van der Waals surface area (Å²) in [5.41, 5.74) is 2.07. The van der Waals surface area contributed by atoms with Crippen LogP contribution in [0.15, 0.2) is 60.8 Å². The second-order valence-corrected chi connectivity index (χ2v) is 14.0. The van der Waals surface area contributed by atoms with Gasteiger partial charge in [-0.1, -0.05) is 70.0 Å². The van der Waals surface area contributed by atoms with E-state index in [-0.39, 0.29) is 29.8 Å². The van der Waals surface area contributed by atoms with Crippen LogP contribution < -0.4 is 16.0 Å². The van der Waals surface area contributed by atoms with Gasteiger partial charge in [0.05, 0.1) is 5.69 Å². The Labute approximate surface area is 300 Å². The van der Waals surface area contributed by atoms with E-state index in [9.17, 15) is 19.2 Å². The number of aromatic nitrogens is 2. The van der Waals surface area contributed by atoms with Gasteiger partial charge < -0.3 is 20.9 Å². The Balaban J connectivity index is 1.27. The topological polar surface area (TPSA) is 129 Å². The minimum atomic E-state index is -0.886. The van der Waals surface area contributed by atoms with E-state index in [0.29, 0.717) is 49.9 Å². The average Bonchev–Trinajstić information content (AvgIpc) is 3.63. The third-order valence-corrected chi connectivity index (χ3v) is 10.5. The van der Waals surface area contributed by atoms with Crippen molar-refractivity contribution >= 4 is 29.3 Å². The minimum Gasteiger partial charge on any atom is -0.344 e. The van der Waals surface area contributed by atoms with Crippen molar-refractivity contribution in [2.24, 2.45) is 11.8 Å². The van der Waals surface area contributed by atoms with Crippen LogP contribution in [0.2, 0.25) is 0 Å². The van der Waals surface area contributed by atoms with E-state index < -0.39 is 35.6 Å². The molecule has 0 spiro atoms. The molecule has 1 aliphatic heterocycles. The molecular formula is C39H52FN7O4. The molecule has 3 N–H and O–H groups in total. The largest absolute Gasteiger partial charge is 0.344 e. The second-order valence-electron chi connectivity index (χ2n) is 14.0. The lowest BCUT2D eigenvalue weighted by atomic mass is 9.79. The molecule has 11 nitrogen and oxygen atoms in total. The normalized spacial score (nSPS) is 19.8. The van der Waals surface area contributed by atoms with Crippen LogP contribution in [0.1, 0.15) is 87.3 Å². The Hall–Kier alpha value is -4.58. The fourth-order valence-electron chi connectivity index (χ4n) is 7.17. The van der Waals surface area contributed by atoms with Crippen molar-refractivity contribution in [3.63, 3.8) is 0 Å². The zero-order chi connectivity index (χ0) is 36.5. The van der Waals surface area contributed by atoms with Crippen LogP contribution in [0.25, 0.3) is 0 Å². The predicted molar refractivity (Wildman–Crippen MR) is 194 cm³/mol. The molecule has 12 heteroatoms. The van der Waals surface area contributed by atoms with Crippen molar-refractivity contribution < 1.29 is 23.6 Å². The molecule has 3 aromatic rings. The molecule has 1 saturated heterocycles. The zero-order valence-corrected chi connectivity index (χ0v) is 30.2. The number of hydrogen-bond donors (Lipinski definition) is 3. The second kappa shape index (κ2) is 17.6. The van der Waals surface area contributed by atoms with Crippen LogP contribution in [0.3, 0.4) is 0 Å². The van der Waals surface area contributed by atoms with Gasteiger partial charge in [0.15, 0.2) is 0 Å². The Morgan fingerprint density at radius 1 is 0.922 bits per heavy atom. The van der Waals surface area contributed by atoms with Crippen molar-refractivity contribution in [3.05, 3.63) is 83.4 Å². The number of hydrogen-bond acceptors (Lipinski definition) is 6. The van der Waals surface area contributed by atoms with E-state index in [1.807, 2.05) is 25.1 Å². The molecule has 0 radical (unpaired) electrons. The molecule has 2 aliphatic rings. The maximum absolute atomic E-state index is 15.8. The van der Waals surface area contributed by atoms with Gasteiger partial charge in [0.2, 0.25) is 17.7 Å². The van der Waals surface area contributed by atoms with Gasteiger partial charge in [0, 0.05) is 57.8 Å². The number of nitrogens with zero attached hydrogens (tertiary/aromatic N) is 4. The molecule has 3 atom stereocenters. The molecule has 1 saturated carbocycles. The maximum Gasteiger partial charge on any atom is 0.270 e. The molecule has 51 heavy (non-hydrogen) atoms. The number of carbonyl (C=O) groups is 4. The Bertz CT molecular complexity index is 1650. The standard InChI is InChI=1S/C39H52FN7O4/c1-5-34(48)43-35(39(51)46-22-20-45(21-23-46)25-28-10-8-7-9-11-28)27(4)30-16-17-32(31(40)24-30)42-38(50)36(29-14-12-26(3)13-15-29)44-37(49)33-18-19-41-47(33)6-2/h7-11,16-19,24,26-27,29,35-36H,5-6,12-15,20-23,25H2,1-4H3,(H,42,50)(H,43,48)(H,44,49)/t26?,27?,29?,35?,36-/m0/s1. The first-order chi connectivity index (χ1) is 24.6. The first-order valence-electron chi connectivity index (χ1n) is 18.3. The maximum atomic E-state index is 15.8. The highest BCUT2D eigenvalue weighted by molar-refractivity contribution is 6.00. The summed E-state index contributed by atoms with van der Waals surface area (Å²) in [6.07, 6.45) is 5.18. The Kier molecular flexibility index (Phi) is 13.0. The first-order valence-corrected chi connectivity index (χ1v) is 18.3. The fourth-order valence-corrected chi connectivity index (χ4v) is 7.17. The van der Waals surface area contributed by atoms with Gasteiger partial charge in [-0.3, -0.25) is 28.8 Å². The lowest BCUT2D eigenvalue weighted by Crippen LogP contribution is -2.56. The molecule has 1 aromatic heterocycles. The van der Waals surface area contributed by atoms with Crippen LogP contribution in [0.5, 0.6) is 0 Å². The third-order valence-electron chi connectivity index (χ3n) is 10.5. The van der Waals surface area contributed by atoms with Crippen molar-refractivity contribution in [3.8, 4) is 0 Å². The van der Waals surface area contributed by atoms with E-state index in [2.05, 4.69) is 45.0 Å². The smallest absolute Gasteiger partial charge is 0.270 e. The van der Waals surface area contributed by atoms with Gasteiger partial charge in [-0.15, -0.1) is 0 Å². The SMILES string of the molecule is CCC(=O)NC(C(=O)N1CCN(Cc2ccccc2)CC1)C(C)c1ccc(NC(=O)[C@@H](NC(=O)c2ccnn2CC)C2CCC(C)CC2)c(F)c1. The van der Waals surface area contributed by atoms with Crippen LogP contribution in [0, 0.1) is 17.7 Å². The van der Waals surface area contributed by atoms with Crippen LogP contribution in [0.4, 0.5) is 10.1 Å². The Morgan fingerprint density at radius 3 is 2.27 bits per heavy atom. The number of anilines is 1. The van der Waals surface area contributed by atoms with Crippen LogP contribution in [-0.4, -0.2) is 81.5 Å². The molecule has 2 fully saturated rings. The summed E-state index contributed by atoms with van der Waals surface area (Å²) in [5.74, 6) is -2.13. The number of amides is 4. The highest BCUT2D eigenvalue weighted by atomic mass is 19.1. The Morgan fingerprint density at radius 2 is 1.63 bits per heavy atom. The van der Waals surface area contributed by atoms with Crippen molar-refractivity contribution in [2.75, 3.05) is 31.5 Å². The monoisotopic (exact) mass is 701 g/mol. The van der Waals surface area contributed by atoms with Gasteiger partial charge in [0.1, 0.15) is 23.6 Å². The summed E-state index contributed by atoms with van der Waals surface area (Å²) in [6.45, 7) is 11.3. The summed E-state index contributed by atoms with van der Waals surface area (Å²) in [7, 11) is 0. The van der Waals surface area contributed by atoms with E-state index >= 15 is 4.39 Å². The van der Waals surface area contributed by atoms with Crippen molar-refractivity contribution in [2.45, 2.75) is 90.9 Å². The lowest BCUT2D eigenvalue weighted by molar-refractivity contribution is -0.138. The highest BCUT2D eigenvalue weighted by Gasteiger charge is 2.35. The predicted octanol–water partition coefficient (Wildman–Crippen LogP) is 4.95. The number of piperazine rings is 1. The summed E-state index contributed by atoms with van der Waals surface area (Å²) >= 11 is 0. The summed E-state index contributed by atoms with van der Waals surface area (Å²) in [6, 6.07) is 14.5. The van der Waals surface area contributed by atoms with Gasteiger partial charge in [0.25, 0.3) is 5.91 Å². The van der Waals surface area contributed by atoms with Gasteiger partial charge in [-0.2, -0.15) is 5.10 Å². The van der Waals surface area contributed by atoms with E-state index in [1.54, 1.807) is 41.8 Å². The lowest BCUT2D eigenvalue weighted by Gasteiger charge is -2.37.